The third-order valence-corrected chi connectivity index (χ3v) is 6.53. The van der Waals surface area contributed by atoms with Crippen molar-refractivity contribution in [2.45, 2.75) is 25.8 Å². The Balaban J connectivity index is 1.15. The van der Waals surface area contributed by atoms with E-state index in [4.69, 9.17) is 0 Å². The Morgan fingerprint density at radius 1 is 0.967 bits per heavy atom. The van der Waals surface area contributed by atoms with Gasteiger partial charge < -0.3 is 9.80 Å². The summed E-state index contributed by atoms with van der Waals surface area (Å²) in [5.74, 6) is 0.494. The number of nitrogens with zero attached hydrogens (tertiary/aromatic N) is 4. The van der Waals surface area contributed by atoms with Crippen LogP contribution in [0.25, 0.3) is 10.9 Å². The van der Waals surface area contributed by atoms with Gasteiger partial charge in [0.2, 0.25) is 0 Å². The van der Waals surface area contributed by atoms with Gasteiger partial charge in [-0.05, 0) is 62.0 Å². The van der Waals surface area contributed by atoms with Crippen molar-refractivity contribution in [3.63, 3.8) is 0 Å². The second kappa shape index (κ2) is 8.19. The lowest BCUT2D eigenvalue weighted by Crippen LogP contribution is -2.45. The highest BCUT2D eigenvalue weighted by atomic mass is 19.1. The number of hydrogen-bond acceptors (Lipinski definition) is 3. The molecule has 6 heteroatoms. The summed E-state index contributed by atoms with van der Waals surface area (Å²) in [7, 11) is 0. The number of piperidine rings is 1. The summed E-state index contributed by atoms with van der Waals surface area (Å²) in [6.07, 6.45) is 3.19. The molecule has 1 aromatic heterocycles. The highest BCUT2D eigenvalue weighted by Crippen LogP contribution is 2.25. The van der Waals surface area contributed by atoms with E-state index in [9.17, 15) is 9.18 Å². The van der Waals surface area contributed by atoms with E-state index in [0.717, 1.165) is 75.1 Å². The summed E-state index contributed by atoms with van der Waals surface area (Å²) < 4.78 is 14.9. The molecule has 1 fully saturated rings. The van der Waals surface area contributed by atoms with Crippen LogP contribution in [0.3, 0.4) is 0 Å². The predicted molar refractivity (Wildman–Crippen MR) is 115 cm³/mol. The Bertz CT molecular complexity index is 1040. The SMILES string of the molecule is O=C1c2c3ccccc3nn2CCN1CC1CCN(CCc2ccc(F)cc2)CC1. The van der Waals surface area contributed by atoms with Gasteiger partial charge in [-0.3, -0.25) is 9.48 Å². The second-order valence-corrected chi connectivity index (χ2v) is 8.50. The number of rotatable bonds is 5. The molecule has 1 saturated heterocycles. The molecule has 0 atom stereocenters. The fraction of sp³-hybridized carbons (Fsp3) is 0.417. The van der Waals surface area contributed by atoms with Crippen LogP contribution in [0, 0.1) is 11.7 Å². The number of halogens is 1. The lowest BCUT2D eigenvalue weighted by atomic mass is 9.95. The molecule has 2 aromatic carbocycles. The van der Waals surface area contributed by atoms with Gasteiger partial charge in [-0.25, -0.2) is 4.39 Å². The molecule has 2 aliphatic rings. The number of benzene rings is 2. The molecule has 3 aromatic rings. The van der Waals surface area contributed by atoms with Crippen molar-refractivity contribution in [2.75, 3.05) is 32.7 Å². The minimum absolute atomic E-state index is 0.119. The fourth-order valence-electron chi connectivity index (χ4n) is 4.75. The van der Waals surface area contributed by atoms with E-state index in [1.807, 2.05) is 46.0 Å². The molecule has 0 spiro atoms. The van der Waals surface area contributed by atoms with Crippen molar-refractivity contribution >= 4 is 16.8 Å². The summed E-state index contributed by atoms with van der Waals surface area (Å²) in [6.45, 7) is 5.48. The first-order chi connectivity index (χ1) is 14.7. The zero-order valence-corrected chi connectivity index (χ0v) is 17.1. The van der Waals surface area contributed by atoms with Crippen LogP contribution in [-0.2, 0) is 13.0 Å². The number of aromatic nitrogens is 2. The van der Waals surface area contributed by atoms with Crippen LogP contribution in [0.2, 0.25) is 0 Å². The average molecular weight is 407 g/mol. The van der Waals surface area contributed by atoms with Gasteiger partial charge in [0.05, 0.1) is 12.1 Å². The maximum atomic E-state index is 13.1. The summed E-state index contributed by atoms with van der Waals surface area (Å²) in [5.41, 5.74) is 2.83. The molecule has 0 N–H and O–H groups in total. The molecule has 0 radical (unpaired) electrons. The van der Waals surface area contributed by atoms with Crippen LogP contribution >= 0.6 is 0 Å². The Hall–Kier alpha value is -2.73. The largest absolute Gasteiger partial charge is 0.335 e. The van der Waals surface area contributed by atoms with Crippen LogP contribution in [0.5, 0.6) is 0 Å². The summed E-state index contributed by atoms with van der Waals surface area (Å²) in [4.78, 5) is 17.7. The molecular formula is C24H27FN4O. The molecule has 1 amide bonds. The van der Waals surface area contributed by atoms with Gasteiger partial charge in [-0.2, -0.15) is 5.10 Å². The Labute approximate surface area is 176 Å². The van der Waals surface area contributed by atoms with Crippen molar-refractivity contribution in [1.82, 2.24) is 19.6 Å². The zero-order chi connectivity index (χ0) is 20.5. The van der Waals surface area contributed by atoms with E-state index in [2.05, 4.69) is 10.00 Å². The molecule has 30 heavy (non-hydrogen) atoms. The molecular weight excluding hydrogens is 379 g/mol. The second-order valence-electron chi connectivity index (χ2n) is 8.50. The van der Waals surface area contributed by atoms with E-state index >= 15 is 0 Å². The minimum atomic E-state index is -0.178. The van der Waals surface area contributed by atoms with Crippen LogP contribution in [0.15, 0.2) is 48.5 Å². The van der Waals surface area contributed by atoms with Crippen molar-refractivity contribution in [3.8, 4) is 0 Å². The maximum absolute atomic E-state index is 13.1. The summed E-state index contributed by atoms with van der Waals surface area (Å²) >= 11 is 0. The van der Waals surface area contributed by atoms with E-state index in [1.165, 1.54) is 17.7 Å². The highest BCUT2D eigenvalue weighted by Gasteiger charge is 2.30. The first-order valence-corrected chi connectivity index (χ1v) is 10.9. The molecule has 0 aliphatic carbocycles. The van der Waals surface area contributed by atoms with E-state index in [-0.39, 0.29) is 11.7 Å². The highest BCUT2D eigenvalue weighted by molar-refractivity contribution is 6.05. The number of carbonyl (C=O) groups is 1. The third-order valence-electron chi connectivity index (χ3n) is 6.53. The molecule has 0 bridgehead atoms. The van der Waals surface area contributed by atoms with Gasteiger partial charge in [-0.15, -0.1) is 0 Å². The van der Waals surface area contributed by atoms with Crippen LogP contribution < -0.4 is 0 Å². The number of amides is 1. The molecule has 5 rings (SSSR count). The fourth-order valence-corrected chi connectivity index (χ4v) is 4.75. The summed E-state index contributed by atoms with van der Waals surface area (Å²) in [5, 5.41) is 5.55. The van der Waals surface area contributed by atoms with Gasteiger partial charge in [-0.1, -0.05) is 30.3 Å². The summed E-state index contributed by atoms with van der Waals surface area (Å²) in [6, 6.07) is 14.7. The van der Waals surface area contributed by atoms with E-state index < -0.39 is 0 Å². The van der Waals surface area contributed by atoms with Gasteiger partial charge in [0, 0.05) is 25.0 Å². The quantitative estimate of drug-likeness (QED) is 0.650. The average Bonchev–Trinajstić information content (AvgIpc) is 3.16. The number of hydrogen-bond donors (Lipinski definition) is 0. The van der Waals surface area contributed by atoms with E-state index in [1.54, 1.807) is 0 Å². The topological polar surface area (TPSA) is 41.4 Å². The lowest BCUT2D eigenvalue weighted by Gasteiger charge is -2.36. The first-order valence-electron chi connectivity index (χ1n) is 10.9. The van der Waals surface area contributed by atoms with E-state index in [0.29, 0.717) is 5.92 Å². The first kappa shape index (κ1) is 19.2. The van der Waals surface area contributed by atoms with Gasteiger partial charge in [0.15, 0.2) is 0 Å². The molecule has 5 nitrogen and oxygen atoms in total. The molecule has 2 aliphatic heterocycles. The molecule has 0 unspecified atom stereocenters. The standard InChI is InChI=1S/C24H27FN4O/c25-20-7-5-18(6-8-20)9-12-27-13-10-19(11-14-27)17-28-15-16-29-23(24(28)30)21-3-1-2-4-22(21)26-29/h1-8,19H,9-17H2. The van der Waals surface area contributed by atoms with Crippen molar-refractivity contribution in [3.05, 3.63) is 65.6 Å². The minimum Gasteiger partial charge on any atom is -0.335 e. The lowest BCUT2D eigenvalue weighted by molar-refractivity contribution is 0.0630. The predicted octanol–water partition coefficient (Wildman–Crippen LogP) is 3.59. The monoisotopic (exact) mass is 406 g/mol. The van der Waals surface area contributed by atoms with Crippen molar-refractivity contribution in [1.29, 1.82) is 0 Å². The number of likely N-dealkylation sites (tertiary alicyclic amines) is 1. The third kappa shape index (κ3) is 3.84. The molecule has 156 valence electrons. The van der Waals surface area contributed by atoms with Crippen molar-refractivity contribution < 1.29 is 9.18 Å². The normalized spacial score (nSPS) is 18.2. The maximum Gasteiger partial charge on any atom is 0.272 e. The van der Waals surface area contributed by atoms with Crippen LogP contribution in [0.1, 0.15) is 28.9 Å². The zero-order valence-electron chi connectivity index (χ0n) is 17.1. The Morgan fingerprint density at radius 3 is 2.53 bits per heavy atom. The van der Waals surface area contributed by atoms with Gasteiger partial charge in [0.1, 0.15) is 11.5 Å². The van der Waals surface area contributed by atoms with Crippen LogP contribution in [0.4, 0.5) is 4.39 Å². The number of carbonyl (C=O) groups excluding carboxylic acids is 1. The smallest absolute Gasteiger partial charge is 0.272 e. The molecule has 3 heterocycles. The van der Waals surface area contributed by atoms with Crippen molar-refractivity contribution in [2.24, 2.45) is 5.92 Å². The van der Waals surface area contributed by atoms with Gasteiger partial charge >= 0.3 is 0 Å². The van der Waals surface area contributed by atoms with Gasteiger partial charge in [0.25, 0.3) is 5.91 Å². The molecule has 0 saturated carbocycles. The number of fused-ring (bicyclic) bond motifs is 3. The van der Waals surface area contributed by atoms with Crippen LogP contribution in [-0.4, -0.2) is 58.2 Å². The Morgan fingerprint density at radius 2 is 1.73 bits per heavy atom. The Kier molecular flexibility index (Phi) is 5.25.